The third kappa shape index (κ3) is 3.75. The number of aryl methyl sites for hydroxylation is 1. The van der Waals surface area contributed by atoms with Gasteiger partial charge in [-0.05, 0) is 19.1 Å². The SMILES string of the molecule is Cc1ccc2nc(C(C#N)C(=O)c3nc(N4CCOCC4)ncc3Cl)[nH]c(=O)c2c1. The lowest BCUT2D eigenvalue weighted by atomic mass is 10.0. The molecule has 0 saturated carbocycles. The first-order valence-electron chi connectivity index (χ1n) is 9.27. The molecule has 1 N–H and O–H groups in total. The average Bonchev–Trinajstić information content (AvgIpc) is 2.75. The van der Waals surface area contributed by atoms with Crippen molar-refractivity contribution in [1.82, 2.24) is 19.9 Å². The summed E-state index contributed by atoms with van der Waals surface area (Å²) in [6, 6.07) is 7.09. The topological polar surface area (TPSA) is 125 Å². The van der Waals surface area contributed by atoms with Crippen LogP contribution in [0.25, 0.3) is 10.9 Å². The molecule has 4 rings (SSSR count). The Balaban J connectivity index is 1.73. The van der Waals surface area contributed by atoms with E-state index in [1.165, 1.54) is 6.20 Å². The number of fused-ring (bicyclic) bond motifs is 1. The number of hydrogen-bond acceptors (Lipinski definition) is 8. The van der Waals surface area contributed by atoms with Gasteiger partial charge in [-0.1, -0.05) is 23.2 Å². The number of aromatic nitrogens is 4. The van der Waals surface area contributed by atoms with Crippen molar-refractivity contribution in [2.24, 2.45) is 0 Å². The highest BCUT2D eigenvalue weighted by molar-refractivity contribution is 6.33. The Kier molecular flexibility index (Phi) is 5.44. The van der Waals surface area contributed by atoms with Crippen molar-refractivity contribution in [2.75, 3.05) is 31.2 Å². The maximum atomic E-state index is 13.1. The van der Waals surface area contributed by atoms with Crippen molar-refractivity contribution in [2.45, 2.75) is 12.8 Å². The van der Waals surface area contributed by atoms with Gasteiger partial charge in [-0.15, -0.1) is 0 Å². The molecule has 3 heterocycles. The predicted octanol–water partition coefficient (Wildman–Crippen LogP) is 2.00. The van der Waals surface area contributed by atoms with Crippen LogP contribution in [0.3, 0.4) is 0 Å². The number of nitrogens with one attached hydrogen (secondary N) is 1. The van der Waals surface area contributed by atoms with Crippen molar-refractivity contribution >= 4 is 34.2 Å². The number of nitriles is 1. The third-order valence-corrected chi connectivity index (χ3v) is 5.08. The maximum Gasteiger partial charge on any atom is 0.258 e. The van der Waals surface area contributed by atoms with E-state index >= 15 is 0 Å². The molecule has 10 heteroatoms. The van der Waals surface area contributed by atoms with Gasteiger partial charge < -0.3 is 14.6 Å². The summed E-state index contributed by atoms with van der Waals surface area (Å²) < 4.78 is 5.31. The van der Waals surface area contributed by atoms with E-state index in [2.05, 4.69) is 19.9 Å². The van der Waals surface area contributed by atoms with Gasteiger partial charge in [0.15, 0.2) is 5.92 Å². The van der Waals surface area contributed by atoms with Crippen LogP contribution in [0.5, 0.6) is 0 Å². The standard InChI is InChI=1S/C20H17ClN6O3/c1-11-2-3-15-12(8-11)19(29)26-18(24-15)13(9-22)17(28)16-14(21)10-23-20(25-16)27-4-6-30-7-5-27/h2-3,8,10,13H,4-7H2,1H3,(H,24,26,29). The quantitative estimate of drug-likeness (QED) is 0.630. The van der Waals surface area contributed by atoms with Crippen LogP contribution in [0, 0.1) is 18.3 Å². The first-order valence-corrected chi connectivity index (χ1v) is 9.65. The average molecular weight is 425 g/mol. The number of carbonyl (C=O) groups is 1. The molecule has 1 saturated heterocycles. The fourth-order valence-corrected chi connectivity index (χ4v) is 3.42. The van der Waals surface area contributed by atoms with Crippen molar-refractivity contribution < 1.29 is 9.53 Å². The molecular formula is C20H17ClN6O3. The predicted molar refractivity (Wildman–Crippen MR) is 110 cm³/mol. The van der Waals surface area contributed by atoms with E-state index in [4.69, 9.17) is 16.3 Å². The van der Waals surface area contributed by atoms with E-state index in [-0.39, 0.29) is 16.5 Å². The van der Waals surface area contributed by atoms with E-state index in [0.717, 1.165) is 5.56 Å². The lowest BCUT2D eigenvalue weighted by molar-refractivity contribution is 0.0971. The second kappa shape index (κ2) is 8.18. The number of morpholine rings is 1. The summed E-state index contributed by atoms with van der Waals surface area (Å²) in [5.41, 5.74) is 0.787. The van der Waals surface area contributed by atoms with E-state index in [9.17, 15) is 14.9 Å². The molecule has 0 spiro atoms. The van der Waals surface area contributed by atoms with Crippen molar-refractivity contribution in [3.63, 3.8) is 0 Å². The largest absolute Gasteiger partial charge is 0.378 e. The van der Waals surface area contributed by atoms with Crippen LogP contribution in [-0.2, 0) is 4.74 Å². The van der Waals surface area contributed by atoms with Gasteiger partial charge in [0.1, 0.15) is 11.5 Å². The summed E-state index contributed by atoms with van der Waals surface area (Å²) in [4.78, 5) is 42.8. The summed E-state index contributed by atoms with van der Waals surface area (Å²) in [6.07, 6.45) is 1.33. The number of hydrogen-bond donors (Lipinski definition) is 1. The Hall–Kier alpha value is -3.35. The third-order valence-electron chi connectivity index (χ3n) is 4.80. The van der Waals surface area contributed by atoms with Crippen molar-refractivity contribution in [3.05, 3.63) is 56.9 Å². The first-order chi connectivity index (χ1) is 14.5. The molecule has 1 aromatic carbocycles. The number of H-pyrrole nitrogens is 1. The lowest BCUT2D eigenvalue weighted by Gasteiger charge is -2.27. The number of aromatic amines is 1. The zero-order chi connectivity index (χ0) is 21.3. The van der Waals surface area contributed by atoms with Crippen LogP contribution in [0.4, 0.5) is 5.95 Å². The van der Waals surface area contributed by atoms with Crippen LogP contribution >= 0.6 is 11.6 Å². The molecule has 1 atom stereocenters. The Morgan fingerprint density at radius 2 is 2.10 bits per heavy atom. The summed E-state index contributed by atoms with van der Waals surface area (Å²) in [7, 11) is 0. The van der Waals surface area contributed by atoms with Gasteiger partial charge in [0, 0.05) is 13.1 Å². The molecule has 9 nitrogen and oxygen atoms in total. The van der Waals surface area contributed by atoms with Gasteiger partial charge in [0.05, 0.1) is 41.4 Å². The number of ketones is 1. The number of halogens is 1. The number of ether oxygens (including phenoxy) is 1. The number of carbonyl (C=O) groups excluding carboxylic acids is 1. The summed E-state index contributed by atoms with van der Waals surface area (Å²) in [5, 5.41) is 10.1. The van der Waals surface area contributed by atoms with Crippen LogP contribution < -0.4 is 10.5 Å². The molecule has 1 aliphatic rings. The molecule has 2 aromatic heterocycles. The summed E-state index contributed by atoms with van der Waals surface area (Å²) >= 11 is 6.17. The number of rotatable bonds is 4. The van der Waals surface area contributed by atoms with E-state index in [1.54, 1.807) is 18.2 Å². The van der Waals surface area contributed by atoms with E-state index in [1.807, 2.05) is 17.9 Å². The summed E-state index contributed by atoms with van der Waals surface area (Å²) in [6.45, 7) is 4.07. The zero-order valence-corrected chi connectivity index (χ0v) is 16.8. The molecule has 152 valence electrons. The number of anilines is 1. The number of Topliss-reactive ketones (excluding diaryl/α,β-unsaturated/α-hetero) is 1. The van der Waals surface area contributed by atoms with Crippen LogP contribution in [-0.4, -0.2) is 52.0 Å². The minimum absolute atomic E-state index is 0.0241. The van der Waals surface area contributed by atoms with Gasteiger partial charge >= 0.3 is 0 Å². The highest BCUT2D eigenvalue weighted by Crippen LogP contribution is 2.24. The van der Waals surface area contributed by atoms with E-state index < -0.39 is 17.3 Å². The Labute approximate surface area is 176 Å². The monoisotopic (exact) mass is 424 g/mol. The molecule has 0 bridgehead atoms. The molecular weight excluding hydrogens is 408 g/mol. The summed E-state index contributed by atoms with van der Waals surface area (Å²) in [5.74, 6) is -1.74. The number of nitrogens with zero attached hydrogens (tertiary/aromatic N) is 5. The second-order valence-electron chi connectivity index (χ2n) is 6.86. The molecule has 1 unspecified atom stereocenters. The first kappa shape index (κ1) is 19.9. The van der Waals surface area contributed by atoms with Crippen molar-refractivity contribution in [1.29, 1.82) is 5.26 Å². The second-order valence-corrected chi connectivity index (χ2v) is 7.27. The maximum absolute atomic E-state index is 13.1. The molecule has 30 heavy (non-hydrogen) atoms. The van der Waals surface area contributed by atoms with Crippen LogP contribution in [0.2, 0.25) is 5.02 Å². The Bertz CT molecular complexity index is 1230. The Morgan fingerprint density at radius 3 is 2.83 bits per heavy atom. The van der Waals surface area contributed by atoms with E-state index in [0.29, 0.717) is 43.2 Å². The lowest BCUT2D eigenvalue weighted by Crippen LogP contribution is -2.37. The molecule has 1 aliphatic heterocycles. The minimum Gasteiger partial charge on any atom is -0.378 e. The van der Waals surface area contributed by atoms with Crippen molar-refractivity contribution in [3.8, 4) is 6.07 Å². The molecule has 1 fully saturated rings. The molecule has 0 amide bonds. The van der Waals surface area contributed by atoms with Gasteiger partial charge in [-0.25, -0.2) is 15.0 Å². The molecule has 0 aliphatic carbocycles. The highest BCUT2D eigenvalue weighted by atomic mass is 35.5. The van der Waals surface area contributed by atoms with Gasteiger partial charge in [0.2, 0.25) is 11.7 Å². The minimum atomic E-state index is -1.37. The zero-order valence-electron chi connectivity index (χ0n) is 16.1. The normalized spacial score (nSPS) is 15.0. The van der Waals surface area contributed by atoms with Gasteiger partial charge in [-0.2, -0.15) is 5.26 Å². The molecule has 3 aromatic rings. The fourth-order valence-electron chi connectivity index (χ4n) is 3.23. The van der Waals surface area contributed by atoms with Crippen LogP contribution in [0.15, 0.2) is 29.2 Å². The Morgan fingerprint density at radius 1 is 1.33 bits per heavy atom. The highest BCUT2D eigenvalue weighted by Gasteiger charge is 2.29. The smallest absolute Gasteiger partial charge is 0.258 e. The molecule has 0 radical (unpaired) electrons. The van der Waals surface area contributed by atoms with Gasteiger partial charge in [0.25, 0.3) is 5.56 Å². The van der Waals surface area contributed by atoms with Crippen LogP contribution in [0.1, 0.15) is 27.8 Å². The van der Waals surface area contributed by atoms with Gasteiger partial charge in [-0.3, -0.25) is 9.59 Å². The number of benzene rings is 1. The fraction of sp³-hybridized carbons (Fsp3) is 0.300.